The molecule has 2 aliphatic rings. The second kappa shape index (κ2) is 10.6. The number of carbonyl (C=O) groups is 1. The molecule has 0 aromatic carbocycles. The first kappa shape index (κ1) is 23.9. The molecule has 164 valence electrons. The van der Waals surface area contributed by atoms with E-state index in [0.717, 1.165) is 24.0 Å². The van der Waals surface area contributed by atoms with Gasteiger partial charge >= 0.3 is 0 Å². The van der Waals surface area contributed by atoms with Crippen molar-refractivity contribution in [1.82, 2.24) is 9.62 Å². The molecule has 0 unspecified atom stereocenters. The van der Waals surface area contributed by atoms with Crippen LogP contribution < -0.4 is 5.32 Å². The molecule has 0 atom stereocenters. The van der Waals surface area contributed by atoms with Gasteiger partial charge in [-0.15, -0.1) is 0 Å². The van der Waals surface area contributed by atoms with Crippen molar-refractivity contribution in [3.05, 3.63) is 34.3 Å². The Hall–Kier alpha value is -1.40. The molecule has 1 aliphatic carbocycles. The fraction of sp³-hybridized carbons (Fsp3) is 0.696. The third kappa shape index (κ3) is 6.54. The van der Waals surface area contributed by atoms with Crippen LogP contribution in [-0.2, 0) is 14.8 Å². The highest BCUT2D eigenvalue weighted by molar-refractivity contribution is 7.93. The lowest BCUT2D eigenvalue weighted by Crippen LogP contribution is -2.45. The molecule has 1 saturated heterocycles. The first-order valence-electron chi connectivity index (χ1n) is 10.9. The van der Waals surface area contributed by atoms with Crippen LogP contribution in [0.4, 0.5) is 0 Å². The molecule has 0 spiro atoms. The summed E-state index contributed by atoms with van der Waals surface area (Å²) in [5, 5.41) is 3.23. The number of rotatable bonds is 6. The normalized spacial score (nSPS) is 20.8. The molecule has 0 bridgehead atoms. The number of allylic oxidation sites excluding steroid dienone is 4. The highest BCUT2D eigenvalue weighted by Gasteiger charge is 2.34. The Kier molecular flexibility index (Phi) is 8.71. The minimum Gasteiger partial charge on any atom is -0.353 e. The summed E-state index contributed by atoms with van der Waals surface area (Å²) in [6, 6.07) is 0.291. The van der Waals surface area contributed by atoms with Gasteiger partial charge in [0, 0.05) is 25.0 Å². The van der Waals surface area contributed by atoms with Crippen molar-refractivity contribution < 1.29 is 13.2 Å². The van der Waals surface area contributed by atoms with Gasteiger partial charge in [0.1, 0.15) is 0 Å². The van der Waals surface area contributed by atoms with Gasteiger partial charge in [-0.25, -0.2) is 8.42 Å². The van der Waals surface area contributed by atoms with E-state index in [2.05, 4.69) is 11.9 Å². The molecule has 2 rings (SSSR count). The highest BCUT2D eigenvalue weighted by atomic mass is 32.2. The van der Waals surface area contributed by atoms with Crippen molar-refractivity contribution in [3.8, 4) is 0 Å². The molecule has 1 aliphatic heterocycles. The predicted octanol–water partition coefficient (Wildman–Crippen LogP) is 4.68. The first-order chi connectivity index (χ1) is 13.6. The second-order valence-electron chi connectivity index (χ2n) is 8.88. The highest BCUT2D eigenvalue weighted by Crippen LogP contribution is 2.29. The van der Waals surface area contributed by atoms with Crippen LogP contribution in [0.15, 0.2) is 34.3 Å². The van der Waals surface area contributed by atoms with E-state index in [4.69, 9.17) is 0 Å². The van der Waals surface area contributed by atoms with Crippen LogP contribution in [0.25, 0.3) is 0 Å². The van der Waals surface area contributed by atoms with Crippen LogP contribution in [0, 0.1) is 5.92 Å². The first-order valence-corrected chi connectivity index (χ1v) is 12.4. The van der Waals surface area contributed by atoms with Crippen molar-refractivity contribution in [2.24, 2.45) is 5.92 Å². The van der Waals surface area contributed by atoms with Crippen LogP contribution in [0.3, 0.4) is 0 Å². The van der Waals surface area contributed by atoms with Gasteiger partial charge in [0.05, 0.1) is 4.91 Å². The Bertz CT molecular complexity index is 760. The molecule has 5 nitrogen and oxygen atoms in total. The van der Waals surface area contributed by atoms with Gasteiger partial charge < -0.3 is 5.32 Å². The predicted molar refractivity (Wildman–Crippen MR) is 120 cm³/mol. The second-order valence-corrected chi connectivity index (χ2v) is 10.8. The van der Waals surface area contributed by atoms with Crippen LogP contribution in [0.2, 0.25) is 0 Å². The Balaban J connectivity index is 2.02. The summed E-state index contributed by atoms with van der Waals surface area (Å²) in [5.74, 6) is 0.0154. The van der Waals surface area contributed by atoms with Gasteiger partial charge in [-0.2, -0.15) is 4.31 Å². The number of hydrogen-bond donors (Lipinski definition) is 1. The fourth-order valence-corrected chi connectivity index (χ4v) is 6.45. The lowest BCUT2D eigenvalue weighted by atomic mass is 9.96. The van der Waals surface area contributed by atoms with Crippen molar-refractivity contribution in [1.29, 1.82) is 0 Å². The maximum atomic E-state index is 13.3. The average molecular weight is 423 g/mol. The van der Waals surface area contributed by atoms with E-state index in [0.29, 0.717) is 42.5 Å². The third-order valence-electron chi connectivity index (χ3n) is 5.90. The Morgan fingerprint density at radius 1 is 0.966 bits per heavy atom. The van der Waals surface area contributed by atoms with E-state index < -0.39 is 10.0 Å². The summed E-state index contributed by atoms with van der Waals surface area (Å²) in [5.41, 5.74) is 2.31. The van der Waals surface area contributed by atoms with Crippen LogP contribution in [0.1, 0.15) is 79.1 Å². The van der Waals surface area contributed by atoms with E-state index in [-0.39, 0.29) is 11.8 Å². The summed E-state index contributed by atoms with van der Waals surface area (Å²) < 4.78 is 28.1. The fourth-order valence-electron chi connectivity index (χ4n) is 4.52. The topological polar surface area (TPSA) is 66.5 Å². The van der Waals surface area contributed by atoms with Gasteiger partial charge in [-0.1, -0.05) is 49.5 Å². The lowest BCUT2D eigenvalue weighted by Gasteiger charge is -2.32. The van der Waals surface area contributed by atoms with Crippen molar-refractivity contribution in [2.45, 2.75) is 85.1 Å². The summed E-state index contributed by atoms with van der Waals surface area (Å²) in [4.78, 5) is 13.1. The number of carbonyl (C=O) groups excluding carboxylic acids is 1. The molecule has 2 fully saturated rings. The van der Waals surface area contributed by atoms with Crippen molar-refractivity contribution in [2.75, 3.05) is 13.1 Å². The molecule has 0 aromatic rings. The number of amides is 1. The average Bonchev–Trinajstić information content (AvgIpc) is 2.89. The smallest absolute Gasteiger partial charge is 0.243 e. The molecule has 1 heterocycles. The van der Waals surface area contributed by atoms with Crippen LogP contribution in [-0.4, -0.2) is 37.8 Å². The van der Waals surface area contributed by atoms with Gasteiger partial charge in [-0.05, 0) is 59.0 Å². The molecule has 1 saturated carbocycles. The van der Waals surface area contributed by atoms with Crippen LogP contribution >= 0.6 is 0 Å². The number of sulfonamides is 1. The zero-order valence-electron chi connectivity index (χ0n) is 18.6. The minimum absolute atomic E-state index is 0.0908. The molecular formula is C23H38N2O3S. The van der Waals surface area contributed by atoms with Crippen molar-refractivity contribution >= 4 is 15.9 Å². The molecule has 0 radical (unpaired) electrons. The monoisotopic (exact) mass is 422 g/mol. The standard InChI is InChI=1S/C23H38N2O3S/c1-17(2)16-19(5)22(18(3)4)29(27,28)25-14-12-20(13-15-25)23(26)24-21-10-8-6-7-9-11-21/h16,20-21H,1,6-15H2,2-5H3,(H,24,26). The SMILES string of the molecule is C=C(C)C=C(C)C(=C(C)C)S(=O)(=O)N1CCC(C(=O)NC2CCCCCC2)CC1. The van der Waals surface area contributed by atoms with Crippen molar-refractivity contribution in [3.63, 3.8) is 0 Å². The maximum Gasteiger partial charge on any atom is 0.243 e. The number of nitrogens with one attached hydrogen (secondary N) is 1. The quantitative estimate of drug-likeness (QED) is 0.499. The number of piperidine rings is 1. The van der Waals surface area contributed by atoms with Gasteiger partial charge in [0.25, 0.3) is 0 Å². The molecule has 29 heavy (non-hydrogen) atoms. The van der Waals surface area contributed by atoms with Gasteiger partial charge in [-0.3, -0.25) is 4.79 Å². The molecular weight excluding hydrogens is 384 g/mol. The molecule has 0 aromatic heterocycles. The van der Waals surface area contributed by atoms with Gasteiger partial charge in [0.2, 0.25) is 15.9 Å². The van der Waals surface area contributed by atoms with E-state index >= 15 is 0 Å². The Morgan fingerprint density at radius 2 is 1.52 bits per heavy atom. The number of nitrogens with zero attached hydrogens (tertiary/aromatic N) is 1. The molecule has 1 N–H and O–H groups in total. The third-order valence-corrected chi connectivity index (χ3v) is 8.19. The largest absolute Gasteiger partial charge is 0.353 e. The summed E-state index contributed by atoms with van der Waals surface area (Å²) >= 11 is 0. The van der Waals surface area contributed by atoms with E-state index in [1.165, 1.54) is 25.7 Å². The summed E-state index contributed by atoms with van der Waals surface area (Å²) in [6.45, 7) is 12.0. The van der Waals surface area contributed by atoms with E-state index in [1.807, 2.05) is 33.8 Å². The van der Waals surface area contributed by atoms with E-state index in [9.17, 15) is 13.2 Å². The van der Waals surface area contributed by atoms with E-state index in [1.54, 1.807) is 4.31 Å². The Labute approximate surface area is 177 Å². The summed E-state index contributed by atoms with van der Waals surface area (Å²) in [7, 11) is -3.58. The Morgan fingerprint density at radius 3 is 2.00 bits per heavy atom. The molecule has 6 heteroatoms. The molecule has 1 amide bonds. The lowest BCUT2D eigenvalue weighted by molar-refractivity contribution is -0.126. The summed E-state index contributed by atoms with van der Waals surface area (Å²) in [6.07, 6.45) is 9.99. The van der Waals surface area contributed by atoms with Gasteiger partial charge in [0.15, 0.2) is 0 Å². The zero-order chi connectivity index (χ0) is 21.6. The number of hydrogen-bond acceptors (Lipinski definition) is 3. The zero-order valence-corrected chi connectivity index (χ0v) is 19.4. The van der Waals surface area contributed by atoms with Crippen LogP contribution in [0.5, 0.6) is 0 Å². The minimum atomic E-state index is -3.58. The maximum absolute atomic E-state index is 13.3.